The van der Waals surface area contributed by atoms with E-state index in [0.29, 0.717) is 0 Å². The zero-order chi connectivity index (χ0) is 13.8. The van der Waals surface area contributed by atoms with E-state index in [2.05, 4.69) is 0 Å². The lowest BCUT2D eigenvalue weighted by Gasteiger charge is -2.25. The van der Waals surface area contributed by atoms with Gasteiger partial charge in [0.05, 0.1) is 19.6 Å². The van der Waals surface area contributed by atoms with Crippen LogP contribution in [0.1, 0.15) is 37.8 Å². The molecule has 1 fully saturated rings. The number of hydrogen-bond acceptors (Lipinski definition) is 3. The lowest BCUT2D eigenvalue weighted by atomic mass is 10.0. The van der Waals surface area contributed by atoms with Crippen LogP contribution in [-0.4, -0.2) is 30.2 Å². The monoisotopic (exact) mass is 261 g/mol. The van der Waals surface area contributed by atoms with Crippen molar-refractivity contribution in [3.05, 3.63) is 29.8 Å². The van der Waals surface area contributed by atoms with Crippen LogP contribution in [0.15, 0.2) is 24.3 Å². The van der Waals surface area contributed by atoms with Crippen molar-refractivity contribution in [3.8, 4) is 5.75 Å². The highest BCUT2D eigenvalue weighted by atomic mass is 16.5. The van der Waals surface area contributed by atoms with Gasteiger partial charge in [-0.1, -0.05) is 12.1 Å². The number of ketones is 1. The summed E-state index contributed by atoms with van der Waals surface area (Å²) >= 11 is 0. The third-order valence-corrected chi connectivity index (χ3v) is 3.45. The highest BCUT2D eigenvalue weighted by Gasteiger charge is 2.30. The normalized spacial score (nSPS) is 18.4. The predicted octanol–water partition coefficient (Wildman–Crippen LogP) is 2.34. The van der Waals surface area contributed by atoms with Gasteiger partial charge in [0.25, 0.3) is 0 Å². The second kappa shape index (κ2) is 5.87. The van der Waals surface area contributed by atoms with Crippen LogP contribution in [0.5, 0.6) is 5.75 Å². The van der Waals surface area contributed by atoms with Crippen LogP contribution in [-0.2, 0) is 9.59 Å². The van der Waals surface area contributed by atoms with Gasteiger partial charge in [-0.3, -0.25) is 9.59 Å². The summed E-state index contributed by atoms with van der Waals surface area (Å²) in [6.07, 6.45) is 1.92. The number of methoxy groups -OCH3 is 1. The van der Waals surface area contributed by atoms with E-state index in [-0.39, 0.29) is 24.2 Å². The molecule has 1 aliphatic rings. The standard InChI is InChI=1S/C15H19NO3/c1-11(17)9-15(18)16-8-4-7-14(16)12-5-3-6-13(10-12)19-2/h3,5-6,10,14H,4,7-9H2,1-2H3. The molecule has 1 saturated heterocycles. The van der Waals surface area contributed by atoms with Crippen LogP contribution >= 0.6 is 0 Å². The fourth-order valence-corrected chi connectivity index (χ4v) is 2.58. The molecule has 0 spiro atoms. The van der Waals surface area contributed by atoms with E-state index >= 15 is 0 Å². The molecule has 0 N–H and O–H groups in total. The first-order chi connectivity index (χ1) is 9.11. The Kier molecular flexibility index (Phi) is 4.20. The lowest BCUT2D eigenvalue weighted by molar-refractivity contribution is -0.135. The van der Waals surface area contributed by atoms with Gasteiger partial charge in [-0.15, -0.1) is 0 Å². The minimum Gasteiger partial charge on any atom is -0.497 e. The van der Waals surface area contributed by atoms with E-state index in [1.54, 1.807) is 7.11 Å². The number of rotatable bonds is 4. The number of hydrogen-bond donors (Lipinski definition) is 0. The van der Waals surface area contributed by atoms with Crippen LogP contribution in [0, 0.1) is 0 Å². The van der Waals surface area contributed by atoms with E-state index < -0.39 is 0 Å². The topological polar surface area (TPSA) is 46.6 Å². The molecule has 0 bridgehead atoms. The molecule has 1 atom stereocenters. The molecule has 1 aliphatic heterocycles. The van der Waals surface area contributed by atoms with Gasteiger partial charge in [-0.25, -0.2) is 0 Å². The number of benzene rings is 1. The molecule has 2 rings (SSSR count). The Bertz CT molecular complexity index is 484. The van der Waals surface area contributed by atoms with Crippen LogP contribution in [0.3, 0.4) is 0 Å². The maximum atomic E-state index is 12.1. The Hall–Kier alpha value is -1.84. The van der Waals surface area contributed by atoms with Crippen molar-refractivity contribution in [2.75, 3.05) is 13.7 Å². The van der Waals surface area contributed by atoms with Crippen LogP contribution in [0.2, 0.25) is 0 Å². The van der Waals surface area contributed by atoms with E-state index in [1.165, 1.54) is 6.92 Å². The summed E-state index contributed by atoms with van der Waals surface area (Å²) in [6.45, 7) is 2.18. The minimum atomic E-state index is -0.0821. The first-order valence-electron chi connectivity index (χ1n) is 6.54. The minimum absolute atomic E-state index is 0.000465. The summed E-state index contributed by atoms with van der Waals surface area (Å²) < 4.78 is 5.22. The molecule has 1 aromatic rings. The zero-order valence-electron chi connectivity index (χ0n) is 11.4. The van der Waals surface area contributed by atoms with E-state index in [9.17, 15) is 9.59 Å². The summed E-state index contributed by atoms with van der Waals surface area (Å²) in [7, 11) is 1.63. The lowest BCUT2D eigenvalue weighted by Crippen LogP contribution is -2.31. The third-order valence-electron chi connectivity index (χ3n) is 3.45. The van der Waals surface area contributed by atoms with E-state index in [4.69, 9.17) is 4.74 Å². The number of likely N-dealkylation sites (tertiary alicyclic amines) is 1. The van der Waals surface area contributed by atoms with Crippen molar-refractivity contribution < 1.29 is 14.3 Å². The SMILES string of the molecule is COc1cccc(C2CCCN2C(=O)CC(C)=O)c1. The number of carbonyl (C=O) groups excluding carboxylic acids is 2. The fraction of sp³-hybridized carbons (Fsp3) is 0.467. The number of amides is 1. The predicted molar refractivity (Wildman–Crippen MR) is 72.0 cm³/mol. The van der Waals surface area contributed by atoms with E-state index in [0.717, 1.165) is 30.7 Å². The second-order valence-corrected chi connectivity index (χ2v) is 4.90. The van der Waals surface area contributed by atoms with Crippen LogP contribution in [0.4, 0.5) is 0 Å². The Morgan fingerprint density at radius 1 is 1.42 bits per heavy atom. The van der Waals surface area contributed by atoms with Crippen molar-refractivity contribution in [1.29, 1.82) is 0 Å². The molecule has 19 heavy (non-hydrogen) atoms. The molecule has 1 heterocycles. The summed E-state index contributed by atoms with van der Waals surface area (Å²) in [5.74, 6) is 0.641. The van der Waals surface area contributed by atoms with Gasteiger partial charge >= 0.3 is 0 Å². The van der Waals surface area contributed by atoms with E-state index in [1.807, 2.05) is 29.2 Å². The molecular formula is C15H19NO3. The molecule has 1 unspecified atom stereocenters. The highest BCUT2D eigenvalue weighted by Crippen LogP contribution is 2.33. The van der Waals surface area contributed by atoms with Gasteiger partial charge in [-0.2, -0.15) is 0 Å². The Morgan fingerprint density at radius 3 is 2.89 bits per heavy atom. The van der Waals surface area contributed by atoms with Gasteiger partial charge in [-0.05, 0) is 37.5 Å². The summed E-state index contributed by atoms with van der Waals surface area (Å²) in [5.41, 5.74) is 1.08. The number of Topliss-reactive ketones (excluding diaryl/α,β-unsaturated/α-hetero) is 1. The molecule has 0 saturated carbocycles. The molecule has 4 nitrogen and oxygen atoms in total. The van der Waals surface area contributed by atoms with Gasteiger partial charge in [0.15, 0.2) is 0 Å². The smallest absolute Gasteiger partial charge is 0.230 e. The molecule has 0 radical (unpaired) electrons. The highest BCUT2D eigenvalue weighted by molar-refractivity contribution is 5.97. The molecule has 0 aliphatic carbocycles. The Morgan fingerprint density at radius 2 is 2.21 bits per heavy atom. The quantitative estimate of drug-likeness (QED) is 0.781. The number of ether oxygens (including phenoxy) is 1. The Labute approximate surface area is 113 Å². The van der Waals surface area contributed by atoms with Crippen LogP contribution in [0.25, 0.3) is 0 Å². The molecular weight excluding hydrogens is 242 g/mol. The van der Waals surface area contributed by atoms with Gasteiger partial charge in [0.2, 0.25) is 5.91 Å². The summed E-state index contributed by atoms with van der Waals surface area (Å²) in [5, 5.41) is 0. The average molecular weight is 261 g/mol. The van der Waals surface area contributed by atoms with Gasteiger partial charge in [0.1, 0.15) is 11.5 Å². The molecule has 102 valence electrons. The maximum absolute atomic E-state index is 12.1. The van der Waals surface area contributed by atoms with Crippen molar-refractivity contribution in [1.82, 2.24) is 4.90 Å². The maximum Gasteiger partial charge on any atom is 0.230 e. The van der Waals surface area contributed by atoms with Crippen molar-refractivity contribution in [3.63, 3.8) is 0 Å². The summed E-state index contributed by atoms with van der Waals surface area (Å²) in [6, 6.07) is 7.86. The van der Waals surface area contributed by atoms with Crippen molar-refractivity contribution >= 4 is 11.7 Å². The second-order valence-electron chi connectivity index (χ2n) is 4.90. The summed E-state index contributed by atoms with van der Waals surface area (Å²) in [4.78, 5) is 25.0. The largest absolute Gasteiger partial charge is 0.497 e. The molecule has 1 aromatic carbocycles. The number of nitrogens with zero attached hydrogens (tertiary/aromatic N) is 1. The Balaban J connectivity index is 2.17. The van der Waals surface area contributed by atoms with Crippen LogP contribution < -0.4 is 4.74 Å². The zero-order valence-corrected chi connectivity index (χ0v) is 11.4. The van der Waals surface area contributed by atoms with Gasteiger partial charge in [0, 0.05) is 6.54 Å². The molecule has 4 heteroatoms. The third kappa shape index (κ3) is 3.13. The fourth-order valence-electron chi connectivity index (χ4n) is 2.58. The van der Waals surface area contributed by atoms with Gasteiger partial charge < -0.3 is 9.64 Å². The molecule has 0 aromatic heterocycles. The molecule has 1 amide bonds. The average Bonchev–Trinajstić information content (AvgIpc) is 2.87. The van der Waals surface area contributed by atoms with Crippen molar-refractivity contribution in [2.45, 2.75) is 32.2 Å². The van der Waals surface area contributed by atoms with Crippen molar-refractivity contribution in [2.24, 2.45) is 0 Å². The first-order valence-corrected chi connectivity index (χ1v) is 6.54. The first kappa shape index (κ1) is 13.6. The number of carbonyl (C=O) groups is 2.